The van der Waals surface area contributed by atoms with Crippen LogP contribution in [0.25, 0.3) is 0 Å². The average molecular weight is 168 g/mol. The van der Waals surface area contributed by atoms with Crippen LogP contribution < -0.4 is 0 Å². The maximum Gasteiger partial charge on any atom is 0.103 e. The van der Waals surface area contributed by atoms with Crippen LogP contribution >= 0.6 is 11.3 Å². The van der Waals surface area contributed by atoms with Gasteiger partial charge in [0.05, 0.1) is 28.6 Å². The lowest BCUT2D eigenvalue weighted by Crippen LogP contribution is -1.94. The standard InChI is InChI=1S/C7H8N2OS/c1-5-7(11-4-9-5)6(10)2-3-8/h4,6,10H,2H2,1H3. The highest BCUT2D eigenvalue weighted by molar-refractivity contribution is 7.09. The molecule has 11 heavy (non-hydrogen) atoms. The Hall–Kier alpha value is -0.920. The van der Waals surface area contributed by atoms with Crippen LogP contribution in [0.5, 0.6) is 0 Å². The third kappa shape index (κ3) is 1.76. The SMILES string of the molecule is Cc1ncsc1C(O)CC#N. The third-order valence-electron chi connectivity index (χ3n) is 1.37. The summed E-state index contributed by atoms with van der Waals surface area (Å²) in [4.78, 5) is 4.77. The Bertz CT molecular complexity index is 276. The molecule has 0 saturated carbocycles. The summed E-state index contributed by atoms with van der Waals surface area (Å²) in [5.41, 5.74) is 2.49. The number of aliphatic hydroxyl groups is 1. The van der Waals surface area contributed by atoms with E-state index in [-0.39, 0.29) is 6.42 Å². The number of aliphatic hydroxyl groups excluding tert-OH is 1. The largest absolute Gasteiger partial charge is 0.386 e. The van der Waals surface area contributed by atoms with E-state index in [0.29, 0.717) is 0 Å². The zero-order chi connectivity index (χ0) is 8.27. The molecule has 0 amide bonds. The van der Waals surface area contributed by atoms with Crippen molar-refractivity contribution >= 4 is 11.3 Å². The minimum Gasteiger partial charge on any atom is -0.386 e. The van der Waals surface area contributed by atoms with E-state index >= 15 is 0 Å². The molecule has 0 aliphatic carbocycles. The summed E-state index contributed by atoms with van der Waals surface area (Å²) in [6, 6.07) is 1.91. The summed E-state index contributed by atoms with van der Waals surface area (Å²) in [6.45, 7) is 1.83. The number of nitriles is 1. The van der Waals surface area contributed by atoms with Gasteiger partial charge in [-0.2, -0.15) is 5.26 Å². The summed E-state index contributed by atoms with van der Waals surface area (Å²) in [5, 5.41) is 17.6. The van der Waals surface area contributed by atoms with Crippen molar-refractivity contribution < 1.29 is 5.11 Å². The molecular formula is C7H8N2OS. The molecule has 0 saturated heterocycles. The predicted molar refractivity (Wildman–Crippen MR) is 42.0 cm³/mol. The van der Waals surface area contributed by atoms with E-state index in [1.807, 2.05) is 13.0 Å². The number of thiazole rings is 1. The number of rotatable bonds is 2. The zero-order valence-electron chi connectivity index (χ0n) is 6.11. The van der Waals surface area contributed by atoms with Crippen LogP contribution in [0.15, 0.2) is 5.51 Å². The topological polar surface area (TPSA) is 56.9 Å². The Morgan fingerprint density at radius 2 is 2.64 bits per heavy atom. The van der Waals surface area contributed by atoms with Gasteiger partial charge in [-0.15, -0.1) is 11.3 Å². The Kier molecular flexibility index (Phi) is 2.58. The molecule has 58 valence electrons. The minimum absolute atomic E-state index is 0.142. The van der Waals surface area contributed by atoms with Gasteiger partial charge < -0.3 is 5.11 Å². The smallest absolute Gasteiger partial charge is 0.103 e. The molecule has 0 fully saturated rings. The van der Waals surface area contributed by atoms with Crippen molar-refractivity contribution in [3.05, 3.63) is 16.1 Å². The van der Waals surface area contributed by atoms with Crippen molar-refractivity contribution in [3.8, 4) is 6.07 Å². The Labute approximate surface area is 68.9 Å². The van der Waals surface area contributed by atoms with Gasteiger partial charge in [-0.25, -0.2) is 4.98 Å². The molecule has 3 nitrogen and oxygen atoms in total. The van der Waals surface area contributed by atoms with E-state index in [9.17, 15) is 5.11 Å². The molecule has 1 atom stereocenters. The monoisotopic (exact) mass is 168 g/mol. The highest BCUT2D eigenvalue weighted by Gasteiger charge is 2.11. The van der Waals surface area contributed by atoms with Gasteiger partial charge in [0.2, 0.25) is 0 Å². The predicted octanol–water partition coefficient (Wildman–Crippen LogP) is 1.40. The quantitative estimate of drug-likeness (QED) is 0.726. The Balaban J connectivity index is 2.77. The van der Waals surface area contributed by atoms with Gasteiger partial charge in [0.15, 0.2) is 0 Å². The van der Waals surface area contributed by atoms with E-state index < -0.39 is 6.10 Å². The van der Waals surface area contributed by atoms with Gasteiger partial charge in [0.1, 0.15) is 6.10 Å². The molecule has 1 unspecified atom stereocenters. The maximum atomic E-state index is 9.34. The van der Waals surface area contributed by atoms with E-state index in [0.717, 1.165) is 10.6 Å². The molecule has 1 aromatic heterocycles. The normalized spacial score (nSPS) is 12.5. The van der Waals surface area contributed by atoms with Crippen molar-refractivity contribution in [2.45, 2.75) is 19.4 Å². The molecule has 0 aromatic carbocycles. The van der Waals surface area contributed by atoms with Gasteiger partial charge >= 0.3 is 0 Å². The second-order valence-corrected chi connectivity index (χ2v) is 3.07. The number of hydrogen-bond acceptors (Lipinski definition) is 4. The first-order valence-corrected chi connectivity index (χ1v) is 4.08. The minimum atomic E-state index is -0.660. The highest BCUT2D eigenvalue weighted by atomic mass is 32.1. The summed E-state index contributed by atoms with van der Waals surface area (Å²) < 4.78 is 0. The summed E-state index contributed by atoms with van der Waals surface area (Å²) in [7, 11) is 0. The van der Waals surface area contributed by atoms with E-state index in [4.69, 9.17) is 5.26 Å². The molecule has 0 aliphatic heterocycles. The summed E-state index contributed by atoms with van der Waals surface area (Å²) in [6.07, 6.45) is -0.518. The van der Waals surface area contributed by atoms with Gasteiger partial charge in [-0.05, 0) is 6.92 Å². The van der Waals surface area contributed by atoms with Gasteiger partial charge in [-0.3, -0.25) is 0 Å². The number of nitrogens with zero attached hydrogens (tertiary/aromatic N) is 2. The third-order valence-corrected chi connectivity index (χ3v) is 2.40. The first-order valence-electron chi connectivity index (χ1n) is 3.20. The second-order valence-electron chi connectivity index (χ2n) is 2.18. The molecule has 4 heteroatoms. The average Bonchev–Trinajstić information content (AvgIpc) is 2.36. The van der Waals surface area contributed by atoms with E-state index in [2.05, 4.69) is 4.98 Å². The maximum absolute atomic E-state index is 9.34. The fourth-order valence-corrected chi connectivity index (χ4v) is 1.60. The first-order chi connectivity index (χ1) is 5.25. The lowest BCUT2D eigenvalue weighted by Gasteiger charge is -2.02. The van der Waals surface area contributed by atoms with Crippen LogP contribution in [0.2, 0.25) is 0 Å². The summed E-state index contributed by atoms with van der Waals surface area (Å²) >= 11 is 1.39. The van der Waals surface area contributed by atoms with Crippen molar-refractivity contribution in [2.24, 2.45) is 0 Å². The Morgan fingerprint density at radius 1 is 1.91 bits per heavy atom. The Morgan fingerprint density at radius 3 is 3.09 bits per heavy atom. The van der Waals surface area contributed by atoms with Crippen LogP contribution in [-0.4, -0.2) is 10.1 Å². The van der Waals surface area contributed by atoms with Crippen LogP contribution in [0.1, 0.15) is 23.1 Å². The molecule has 0 bridgehead atoms. The molecule has 1 N–H and O–H groups in total. The van der Waals surface area contributed by atoms with Crippen molar-refractivity contribution in [1.82, 2.24) is 4.98 Å². The van der Waals surface area contributed by atoms with Crippen molar-refractivity contribution in [2.75, 3.05) is 0 Å². The fourth-order valence-electron chi connectivity index (χ4n) is 0.810. The summed E-state index contributed by atoms with van der Waals surface area (Å²) in [5.74, 6) is 0. The lowest BCUT2D eigenvalue weighted by atomic mass is 10.2. The van der Waals surface area contributed by atoms with Crippen LogP contribution in [-0.2, 0) is 0 Å². The lowest BCUT2D eigenvalue weighted by molar-refractivity contribution is 0.186. The number of hydrogen-bond donors (Lipinski definition) is 1. The zero-order valence-corrected chi connectivity index (χ0v) is 6.93. The molecule has 1 rings (SSSR count). The molecule has 0 aliphatic rings. The molecular weight excluding hydrogens is 160 g/mol. The number of aromatic nitrogens is 1. The second kappa shape index (κ2) is 3.46. The van der Waals surface area contributed by atoms with Gasteiger partial charge in [-0.1, -0.05) is 0 Å². The molecule has 1 aromatic rings. The highest BCUT2D eigenvalue weighted by Crippen LogP contribution is 2.23. The molecule has 0 radical (unpaired) electrons. The van der Waals surface area contributed by atoms with Crippen LogP contribution in [0.3, 0.4) is 0 Å². The number of aryl methyl sites for hydroxylation is 1. The first kappa shape index (κ1) is 8.18. The van der Waals surface area contributed by atoms with Gasteiger partial charge in [0.25, 0.3) is 0 Å². The van der Waals surface area contributed by atoms with E-state index in [1.54, 1.807) is 5.51 Å². The van der Waals surface area contributed by atoms with Crippen molar-refractivity contribution in [3.63, 3.8) is 0 Å². The van der Waals surface area contributed by atoms with Crippen LogP contribution in [0.4, 0.5) is 0 Å². The fraction of sp³-hybridized carbons (Fsp3) is 0.429. The van der Waals surface area contributed by atoms with Crippen LogP contribution in [0, 0.1) is 18.3 Å². The van der Waals surface area contributed by atoms with E-state index in [1.165, 1.54) is 11.3 Å². The molecule has 0 spiro atoms. The van der Waals surface area contributed by atoms with Crippen molar-refractivity contribution in [1.29, 1.82) is 5.26 Å². The van der Waals surface area contributed by atoms with Gasteiger partial charge in [0, 0.05) is 0 Å². The molecule has 1 heterocycles.